The Morgan fingerprint density at radius 1 is 1.27 bits per heavy atom. The number of nitrogen functional groups attached to an aromatic ring is 1. The number of rotatable bonds is 2. The first kappa shape index (κ1) is 10.1. The number of benzene rings is 1. The summed E-state index contributed by atoms with van der Waals surface area (Å²) in [6.45, 7) is 2.18. The third kappa shape index (κ3) is 2.17. The van der Waals surface area contributed by atoms with Crippen LogP contribution < -0.4 is 15.4 Å². The van der Waals surface area contributed by atoms with Gasteiger partial charge in [-0.3, -0.25) is 0 Å². The van der Waals surface area contributed by atoms with E-state index in [-0.39, 0.29) is 0 Å². The van der Waals surface area contributed by atoms with Gasteiger partial charge in [0.2, 0.25) is 0 Å². The van der Waals surface area contributed by atoms with Crippen LogP contribution in [0.3, 0.4) is 0 Å². The maximum atomic E-state index is 5.78. The van der Waals surface area contributed by atoms with E-state index in [9.17, 15) is 0 Å². The summed E-state index contributed by atoms with van der Waals surface area (Å²) in [5.41, 5.74) is 7.68. The molecule has 1 saturated heterocycles. The van der Waals surface area contributed by atoms with Crippen LogP contribution >= 0.6 is 0 Å². The average molecular weight is 205 g/mol. The van der Waals surface area contributed by atoms with Crippen molar-refractivity contribution >= 4 is 11.4 Å². The smallest absolute Gasteiger partial charge is 0.143 e. The molecule has 0 aliphatic carbocycles. The zero-order valence-electron chi connectivity index (χ0n) is 9.07. The highest BCUT2D eigenvalue weighted by Crippen LogP contribution is 2.28. The molecule has 0 unspecified atom stereocenters. The first-order chi connectivity index (χ1) is 7.31. The summed E-state index contributed by atoms with van der Waals surface area (Å²) in [5, 5.41) is 0. The van der Waals surface area contributed by atoms with Crippen LogP contribution in [0.5, 0.6) is 5.75 Å². The van der Waals surface area contributed by atoms with Crippen molar-refractivity contribution in [3.05, 3.63) is 24.6 Å². The van der Waals surface area contributed by atoms with E-state index < -0.39 is 0 Å². The quantitative estimate of drug-likeness (QED) is 0.751. The highest BCUT2D eigenvalue weighted by Gasteiger charge is 2.12. The van der Waals surface area contributed by atoms with E-state index in [2.05, 4.69) is 17.4 Å². The summed E-state index contributed by atoms with van der Waals surface area (Å²) >= 11 is 0. The molecule has 1 fully saturated rings. The zero-order valence-corrected chi connectivity index (χ0v) is 9.07. The number of ether oxygens (including phenoxy) is 1. The highest BCUT2D eigenvalue weighted by molar-refractivity contribution is 5.62. The van der Waals surface area contributed by atoms with Crippen LogP contribution in [0, 0.1) is 6.42 Å². The summed E-state index contributed by atoms with van der Waals surface area (Å²) < 4.78 is 5.22. The van der Waals surface area contributed by atoms with Crippen LogP contribution in [0.2, 0.25) is 0 Å². The van der Waals surface area contributed by atoms with Gasteiger partial charge >= 0.3 is 0 Å². The van der Waals surface area contributed by atoms with E-state index in [0.29, 0.717) is 5.69 Å². The molecule has 0 spiro atoms. The fraction of sp³-hybridized carbons (Fsp3) is 0.417. The molecule has 3 heteroatoms. The monoisotopic (exact) mass is 205 g/mol. The summed E-state index contributed by atoms with van der Waals surface area (Å²) in [7, 11) is 1.65. The van der Waals surface area contributed by atoms with E-state index in [1.165, 1.54) is 5.69 Å². The molecule has 0 saturated carbocycles. The van der Waals surface area contributed by atoms with Crippen LogP contribution in [0.4, 0.5) is 11.4 Å². The van der Waals surface area contributed by atoms with Gasteiger partial charge in [-0.15, -0.1) is 0 Å². The molecule has 0 amide bonds. The molecule has 0 bridgehead atoms. The van der Waals surface area contributed by atoms with Gasteiger partial charge in [0.25, 0.3) is 0 Å². The molecule has 1 heterocycles. The fourth-order valence-electron chi connectivity index (χ4n) is 1.91. The predicted molar refractivity (Wildman–Crippen MR) is 63.2 cm³/mol. The lowest BCUT2D eigenvalue weighted by Crippen LogP contribution is -2.29. The molecule has 3 nitrogen and oxygen atoms in total. The van der Waals surface area contributed by atoms with Crippen LogP contribution in [0.25, 0.3) is 0 Å². The molecule has 81 valence electrons. The lowest BCUT2D eigenvalue weighted by atomic mass is 10.1. The highest BCUT2D eigenvalue weighted by atomic mass is 16.5. The molecule has 1 radical (unpaired) electrons. The van der Waals surface area contributed by atoms with Crippen molar-refractivity contribution in [3.8, 4) is 5.75 Å². The molecule has 2 rings (SSSR count). The standard InChI is InChI=1S/C12H17N2O/c1-15-12-9-10(5-6-11(12)13)14-7-3-2-4-8-14/h2,5-6,9H,3-4,7-8,13H2,1H3. The third-order valence-corrected chi connectivity index (χ3v) is 2.79. The number of methoxy groups -OCH3 is 1. The van der Waals surface area contributed by atoms with Crippen LogP contribution in [0.1, 0.15) is 12.8 Å². The minimum Gasteiger partial charge on any atom is -0.495 e. The van der Waals surface area contributed by atoms with E-state index in [1.807, 2.05) is 12.1 Å². The zero-order chi connectivity index (χ0) is 10.7. The van der Waals surface area contributed by atoms with Crippen molar-refractivity contribution in [2.75, 3.05) is 30.8 Å². The number of nitrogens with zero attached hydrogens (tertiary/aromatic N) is 1. The minimum absolute atomic E-state index is 0.699. The molecule has 1 aromatic rings. The van der Waals surface area contributed by atoms with Gasteiger partial charge in [0, 0.05) is 24.8 Å². The van der Waals surface area contributed by atoms with E-state index in [0.717, 1.165) is 31.7 Å². The Balaban J connectivity index is 2.20. The molecule has 1 aliphatic rings. The number of hydrogen-bond acceptors (Lipinski definition) is 3. The second kappa shape index (κ2) is 4.43. The van der Waals surface area contributed by atoms with Gasteiger partial charge in [0.1, 0.15) is 5.75 Å². The lowest BCUT2D eigenvalue weighted by molar-refractivity contribution is 0.417. The number of anilines is 2. The summed E-state index contributed by atoms with van der Waals surface area (Å²) in [4.78, 5) is 2.36. The topological polar surface area (TPSA) is 38.5 Å². The van der Waals surface area contributed by atoms with Gasteiger partial charge in [-0.25, -0.2) is 0 Å². The van der Waals surface area contributed by atoms with E-state index in [4.69, 9.17) is 10.5 Å². The van der Waals surface area contributed by atoms with Gasteiger partial charge in [-0.2, -0.15) is 0 Å². The number of piperidine rings is 1. The maximum Gasteiger partial charge on any atom is 0.143 e. The van der Waals surface area contributed by atoms with Crippen molar-refractivity contribution < 1.29 is 4.74 Å². The van der Waals surface area contributed by atoms with Gasteiger partial charge in [-0.05, 0) is 31.4 Å². The fourth-order valence-corrected chi connectivity index (χ4v) is 1.91. The van der Waals surface area contributed by atoms with Crippen molar-refractivity contribution in [2.24, 2.45) is 0 Å². The summed E-state index contributed by atoms with van der Waals surface area (Å²) in [6.07, 6.45) is 4.66. The average Bonchev–Trinajstić information content (AvgIpc) is 2.31. The SMILES string of the molecule is COc1cc(N2CC[CH]CC2)ccc1N. The van der Waals surface area contributed by atoms with Crippen molar-refractivity contribution in [2.45, 2.75) is 12.8 Å². The molecule has 1 aliphatic heterocycles. The van der Waals surface area contributed by atoms with Crippen LogP contribution in [-0.2, 0) is 0 Å². The first-order valence-corrected chi connectivity index (χ1v) is 5.31. The van der Waals surface area contributed by atoms with Gasteiger partial charge in [0.15, 0.2) is 0 Å². The molecule has 0 atom stereocenters. The molecule has 2 N–H and O–H groups in total. The minimum atomic E-state index is 0.699. The van der Waals surface area contributed by atoms with Gasteiger partial charge in [0.05, 0.1) is 12.8 Å². The van der Waals surface area contributed by atoms with Gasteiger partial charge in [-0.1, -0.05) is 0 Å². The van der Waals surface area contributed by atoms with E-state index >= 15 is 0 Å². The third-order valence-electron chi connectivity index (χ3n) is 2.79. The summed E-state index contributed by atoms with van der Waals surface area (Å²) in [5.74, 6) is 0.766. The Morgan fingerprint density at radius 3 is 2.67 bits per heavy atom. The van der Waals surface area contributed by atoms with Crippen molar-refractivity contribution in [1.82, 2.24) is 0 Å². The second-order valence-corrected chi connectivity index (χ2v) is 3.78. The Bertz CT molecular complexity index is 332. The second-order valence-electron chi connectivity index (χ2n) is 3.78. The largest absolute Gasteiger partial charge is 0.495 e. The van der Waals surface area contributed by atoms with Crippen LogP contribution in [-0.4, -0.2) is 20.2 Å². The Labute approximate surface area is 90.8 Å². The Kier molecular flexibility index (Phi) is 2.99. The molecule has 0 aromatic heterocycles. The van der Waals surface area contributed by atoms with Crippen molar-refractivity contribution in [1.29, 1.82) is 0 Å². The molecule has 15 heavy (non-hydrogen) atoms. The number of hydrogen-bond donors (Lipinski definition) is 1. The van der Waals surface area contributed by atoms with Gasteiger partial charge < -0.3 is 15.4 Å². The molecule has 1 aromatic carbocycles. The number of nitrogens with two attached hydrogens (primary N) is 1. The predicted octanol–water partition coefficient (Wildman–Crippen LogP) is 2.08. The molecular formula is C12H17N2O. The van der Waals surface area contributed by atoms with Crippen LogP contribution in [0.15, 0.2) is 18.2 Å². The van der Waals surface area contributed by atoms with E-state index in [1.54, 1.807) is 7.11 Å². The lowest BCUT2D eigenvalue weighted by Gasteiger charge is -2.29. The normalized spacial score (nSPS) is 16.5. The Morgan fingerprint density at radius 2 is 2.00 bits per heavy atom. The Hall–Kier alpha value is -1.38. The van der Waals surface area contributed by atoms with Crippen molar-refractivity contribution in [3.63, 3.8) is 0 Å². The maximum absolute atomic E-state index is 5.78. The first-order valence-electron chi connectivity index (χ1n) is 5.31. The summed E-state index contributed by atoms with van der Waals surface area (Å²) in [6, 6.07) is 5.98. The molecular weight excluding hydrogens is 188 g/mol.